The summed E-state index contributed by atoms with van der Waals surface area (Å²) in [4.78, 5) is 15.6. The van der Waals surface area contributed by atoms with Crippen molar-refractivity contribution in [3.05, 3.63) is 113 Å². The number of carbonyl (C=O) groups excluding carboxylic acids is 1. The maximum atomic E-state index is 13.6. The minimum Gasteiger partial charge on any atom is -0.448 e. The van der Waals surface area contributed by atoms with E-state index in [2.05, 4.69) is 97.0 Å². The van der Waals surface area contributed by atoms with Crippen LogP contribution in [0.3, 0.4) is 0 Å². The topological polar surface area (TPSA) is 47.4 Å². The van der Waals surface area contributed by atoms with Crippen molar-refractivity contribution in [2.75, 3.05) is 6.61 Å². The van der Waals surface area contributed by atoms with E-state index in [1.165, 1.54) is 33.4 Å². The maximum Gasteiger partial charge on any atom is 0.410 e. The number of hydrogen-bond acceptors (Lipinski definition) is 3. The summed E-state index contributed by atoms with van der Waals surface area (Å²) in [6, 6.07) is 27.9. The van der Waals surface area contributed by atoms with Crippen LogP contribution >= 0.6 is 0 Å². The standard InChI is InChI=1S/C34H33N3O2/c1-22-17-23(2)37(35-22)28-12-7-9-24(18-28)25-19-26-10-8-11-27(20-25)36(26)34(38)39-21-33-31-15-5-3-13-29(31)30-14-4-6-16-32(30)33/h3-7,9,12-19,26-27,33H,8,10-11,20-21H2,1-2H3. The molecular weight excluding hydrogens is 482 g/mol. The van der Waals surface area contributed by atoms with E-state index in [1.807, 2.05) is 16.5 Å². The van der Waals surface area contributed by atoms with Crippen molar-refractivity contribution in [1.29, 1.82) is 0 Å². The summed E-state index contributed by atoms with van der Waals surface area (Å²) in [5.74, 6) is 0.0780. The Hall–Kier alpha value is -4.12. The third-order valence-corrected chi connectivity index (χ3v) is 8.66. The molecule has 3 aromatic carbocycles. The van der Waals surface area contributed by atoms with E-state index < -0.39 is 0 Å². The number of carbonyl (C=O) groups is 1. The Kier molecular flexibility index (Phi) is 5.88. The molecule has 39 heavy (non-hydrogen) atoms. The van der Waals surface area contributed by atoms with Crippen LogP contribution in [-0.4, -0.2) is 39.5 Å². The van der Waals surface area contributed by atoms with E-state index in [1.54, 1.807) is 0 Å². The molecule has 1 fully saturated rings. The zero-order chi connectivity index (χ0) is 26.5. The van der Waals surface area contributed by atoms with Crippen LogP contribution in [0.2, 0.25) is 0 Å². The van der Waals surface area contributed by atoms with Gasteiger partial charge in [-0.1, -0.05) is 66.7 Å². The Morgan fingerprint density at radius 1 is 0.923 bits per heavy atom. The van der Waals surface area contributed by atoms with Crippen molar-refractivity contribution < 1.29 is 9.53 Å². The fourth-order valence-electron chi connectivity index (χ4n) is 6.92. The number of piperidine rings is 1. The molecule has 0 spiro atoms. The van der Waals surface area contributed by atoms with Crippen LogP contribution in [0.15, 0.2) is 84.9 Å². The Bertz CT molecular complexity index is 1550. The van der Waals surface area contributed by atoms with Gasteiger partial charge in [-0.05, 0) is 91.1 Å². The van der Waals surface area contributed by atoms with Crippen LogP contribution in [-0.2, 0) is 4.74 Å². The zero-order valence-electron chi connectivity index (χ0n) is 22.5. The van der Waals surface area contributed by atoms with Gasteiger partial charge in [0.25, 0.3) is 0 Å². The van der Waals surface area contributed by atoms with Crippen molar-refractivity contribution in [1.82, 2.24) is 14.7 Å². The molecule has 1 aliphatic carbocycles. The summed E-state index contributed by atoms with van der Waals surface area (Å²) in [5.41, 5.74) is 10.7. The molecule has 196 valence electrons. The Morgan fingerprint density at radius 3 is 2.36 bits per heavy atom. The smallest absolute Gasteiger partial charge is 0.410 e. The van der Waals surface area contributed by atoms with E-state index in [4.69, 9.17) is 4.74 Å². The van der Waals surface area contributed by atoms with Crippen LogP contribution in [0.5, 0.6) is 0 Å². The van der Waals surface area contributed by atoms with Gasteiger partial charge in [-0.3, -0.25) is 4.90 Å². The van der Waals surface area contributed by atoms with Gasteiger partial charge in [0, 0.05) is 17.7 Å². The SMILES string of the molecule is Cc1cc(C)n(-c2cccc(C3=CC4CCCC(C3)N4C(=O)OCC3c4ccccc4-c4ccccc43)c2)n1. The van der Waals surface area contributed by atoms with Crippen molar-refractivity contribution >= 4 is 11.7 Å². The molecule has 1 amide bonds. The van der Waals surface area contributed by atoms with Gasteiger partial charge in [0.15, 0.2) is 0 Å². The number of hydrogen-bond donors (Lipinski definition) is 0. The van der Waals surface area contributed by atoms with Crippen LogP contribution in [0.4, 0.5) is 4.79 Å². The molecule has 2 unspecified atom stereocenters. The maximum absolute atomic E-state index is 13.6. The number of amides is 1. The molecule has 1 saturated heterocycles. The lowest BCUT2D eigenvalue weighted by Crippen LogP contribution is -2.51. The molecule has 0 N–H and O–H groups in total. The number of aryl methyl sites for hydroxylation is 2. The minimum absolute atomic E-state index is 0.0699. The molecule has 5 nitrogen and oxygen atoms in total. The van der Waals surface area contributed by atoms with Gasteiger partial charge in [0.1, 0.15) is 6.61 Å². The predicted octanol–water partition coefficient (Wildman–Crippen LogP) is 7.45. The number of nitrogens with zero attached hydrogens (tertiary/aromatic N) is 3. The first-order chi connectivity index (χ1) is 19.1. The normalized spacial score (nSPS) is 19.8. The van der Waals surface area contributed by atoms with Gasteiger partial charge in [0.05, 0.1) is 17.4 Å². The fraction of sp³-hybridized carbons (Fsp3) is 0.294. The summed E-state index contributed by atoms with van der Waals surface area (Å²) >= 11 is 0. The second-order valence-corrected chi connectivity index (χ2v) is 11.1. The van der Waals surface area contributed by atoms with Crippen LogP contribution in [0.25, 0.3) is 22.4 Å². The van der Waals surface area contributed by atoms with Crippen molar-refractivity contribution in [2.45, 2.75) is 57.5 Å². The highest BCUT2D eigenvalue weighted by atomic mass is 16.6. The van der Waals surface area contributed by atoms with E-state index >= 15 is 0 Å². The predicted molar refractivity (Wildman–Crippen MR) is 154 cm³/mol. The van der Waals surface area contributed by atoms with Crippen molar-refractivity contribution in [2.24, 2.45) is 0 Å². The highest BCUT2D eigenvalue weighted by Gasteiger charge is 2.39. The highest BCUT2D eigenvalue weighted by molar-refractivity contribution is 5.79. The Morgan fingerprint density at radius 2 is 1.67 bits per heavy atom. The van der Waals surface area contributed by atoms with E-state index in [9.17, 15) is 4.79 Å². The number of ether oxygens (including phenoxy) is 1. The number of benzene rings is 3. The Labute approximate surface area is 229 Å². The molecule has 3 aliphatic rings. The average molecular weight is 516 g/mol. The number of rotatable bonds is 4. The molecular formula is C34H33N3O2. The summed E-state index contributed by atoms with van der Waals surface area (Å²) < 4.78 is 8.10. The third-order valence-electron chi connectivity index (χ3n) is 8.66. The summed E-state index contributed by atoms with van der Waals surface area (Å²) in [6.07, 6.45) is 6.09. The molecule has 7 rings (SSSR count). The van der Waals surface area contributed by atoms with E-state index in [0.717, 1.165) is 42.8 Å². The molecule has 2 aliphatic heterocycles. The fourth-order valence-corrected chi connectivity index (χ4v) is 6.92. The van der Waals surface area contributed by atoms with E-state index in [-0.39, 0.29) is 24.1 Å². The molecule has 2 bridgehead atoms. The molecule has 2 atom stereocenters. The molecule has 3 heterocycles. The van der Waals surface area contributed by atoms with Crippen LogP contribution < -0.4 is 0 Å². The summed E-state index contributed by atoms with van der Waals surface area (Å²) in [7, 11) is 0. The second-order valence-electron chi connectivity index (χ2n) is 11.1. The van der Waals surface area contributed by atoms with Crippen LogP contribution in [0, 0.1) is 13.8 Å². The first kappa shape index (κ1) is 24.0. The number of aromatic nitrogens is 2. The quantitative estimate of drug-likeness (QED) is 0.284. The van der Waals surface area contributed by atoms with Gasteiger partial charge in [-0.25, -0.2) is 9.48 Å². The molecule has 0 radical (unpaired) electrons. The summed E-state index contributed by atoms with van der Waals surface area (Å²) in [5, 5.41) is 4.67. The highest BCUT2D eigenvalue weighted by Crippen LogP contribution is 2.45. The first-order valence-corrected chi connectivity index (χ1v) is 14.0. The Balaban J connectivity index is 1.11. The van der Waals surface area contributed by atoms with Gasteiger partial charge >= 0.3 is 6.09 Å². The second kappa shape index (κ2) is 9.57. The van der Waals surface area contributed by atoms with Gasteiger partial charge in [-0.2, -0.15) is 5.10 Å². The largest absolute Gasteiger partial charge is 0.448 e. The lowest BCUT2D eigenvalue weighted by molar-refractivity contribution is 0.0539. The lowest BCUT2D eigenvalue weighted by Gasteiger charge is -2.44. The van der Waals surface area contributed by atoms with Crippen molar-refractivity contribution in [3.63, 3.8) is 0 Å². The first-order valence-electron chi connectivity index (χ1n) is 14.0. The van der Waals surface area contributed by atoms with Gasteiger partial charge < -0.3 is 4.74 Å². The van der Waals surface area contributed by atoms with Gasteiger partial charge in [-0.15, -0.1) is 0 Å². The lowest BCUT2D eigenvalue weighted by atomic mass is 9.83. The summed E-state index contributed by atoms with van der Waals surface area (Å²) in [6.45, 7) is 4.48. The molecule has 5 heteroatoms. The average Bonchev–Trinajstić information content (AvgIpc) is 3.46. The molecule has 4 aromatic rings. The number of fused-ring (bicyclic) bond motifs is 5. The molecule has 0 saturated carbocycles. The zero-order valence-corrected chi connectivity index (χ0v) is 22.5. The van der Waals surface area contributed by atoms with Crippen LogP contribution in [0.1, 0.15) is 59.7 Å². The van der Waals surface area contributed by atoms with E-state index in [0.29, 0.717) is 6.61 Å². The van der Waals surface area contributed by atoms with Gasteiger partial charge in [0.2, 0.25) is 0 Å². The third kappa shape index (κ3) is 4.17. The molecule has 1 aromatic heterocycles. The monoisotopic (exact) mass is 515 g/mol. The minimum atomic E-state index is -0.182. The van der Waals surface area contributed by atoms with Crippen molar-refractivity contribution in [3.8, 4) is 16.8 Å².